The van der Waals surface area contributed by atoms with E-state index in [1.54, 1.807) is 18.2 Å². The van der Waals surface area contributed by atoms with Crippen LogP contribution in [0.4, 0.5) is 14.5 Å². The lowest BCUT2D eigenvalue weighted by atomic mass is 10.1. The summed E-state index contributed by atoms with van der Waals surface area (Å²) in [6.45, 7) is 1.33. The van der Waals surface area contributed by atoms with Crippen molar-refractivity contribution in [2.24, 2.45) is 0 Å². The first-order valence-corrected chi connectivity index (χ1v) is 7.33. The van der Waals surface area contributed by atoms with Crippen molar-refractivity contribution in [2.75, 3.05) is 5.32 Å². The predicted molar refractivity (Wildman–Crippen MR) is 87.6 cm³/mol. The second-order valence-corrected chi connectivity index (χ2v) is 5.58. The number of halogens is 3. The Morgan fingerprint density at radius 3 is 2.42 bits per heavy atom. The molecule has 0 atom stereocenters. The third-order valence-electron chi connectivity index (χ3n) is 3.55. The molecule has 0 saturated heterocycles. The molecular weight excluding hydrogens is 338 g/mol. The topological polar surface area (TPSA) is 51.1 Å². The van der Waals surface area contributed by atoms with Gasteiger partial charge in [0.15, 0.2) is 0 Å². The average Bonchev–Trinajstić information content (AvgIpc) is 2.89. The molecule has 1 aromatic heterocycles. The number of rotatable bonds is 2. The van der Waals surface area contributed by atoms with E-state index in [1.807, 2.05) is 0 Å². The van der Waals surface area contributed by atoms with Gasteiger partial charge in [-0.1, -0.05) is 23.7 Å². The SMILES string of the molecule is CC(=O)n1cc(C(=O)Nc2c(F)cccc2F)c2ccc(Cl)cc21. The van der Waals surface area contributed by atoms with Crippen molar-refractivity contribution in [1.29, 1.82) is 0 Å². The number of carbonyl (C=O) groups is 2. The first kappa shape index (κ1) is 16.1. The molecule has 0 radical (unpaired) electrons. The molecular formula is C17H11ClF2N2O2. The Balaban J connectivity index is 2.09. The molecule has 1 amide bonds. The van der Waals surface area contributed by atoms with E-state index in [1.165, 1.54) is 23.8 Å². The molecule has 0 bridgehead atoms. The highest BCUT2D eigenvalue weighted by atomic mass is 35.5. The number of para-hydroxylation sites is 1. The largest absolute Gasteiger partial charge is 0.317 e. The first-order chi connectivity index (χ1) is 11.4. The zero-order chi connectivity index (χ0) is 17.4. The molecule has 1 heterocycles. The summed E-state index contributed by atoms with van der Waals surface area (Å²) in [4.78, 5) is 24.2. The minimum Gasteiger partial charge on any atom is -0.317 e. The third kappa shape index (κ3) is 2.76. The smallest absolute Gasteiger partial charge is 0.258 e. The first-order valence-electron chi connectivity index (χ1n) is 6.95. The van der Waals surface area contributed by atoms with Crippen LogP contribution in [0.1, 0.15) is 22.1 Å². The number of carbonyl (C=O) groups excluding carboxylic acids is 2. The lowest BCUT2D eigenvalue weighted by Gasteiger charge is -2.06. The number of amides is 1. The fourth-order valence-corrected chi connectivity index (χ4v) is 2.61. The van der Waals surface area contributed by atoms with Crippen LogP contribution in [0.2, 0.25) is 5.02 Å². The Labute approximate surface area is 140 Å². The second-order valence-electron chi connectivity index (χ2n) is 5.14. The van der Waals surface area contributed by atoms with Gasteiger partial charge < -0.3 is 5.32 Å². The van der Waals surface area contributed by atoms with Crippen LogP contribution in [0.5, 0.6) is 0 Å². The van der Waals surface area contributed by atoms with E-state index in [0.29, 0.717) is 15.9 Å². The Hall–Kier alpha value is -2.73. The maximum Gasteiger partial charge on any atom is 0.258 e. The van der Waals surface area contributed by atoms with Crippen molar-refractivity contribution < 1.29 is 18.4 Å². The van der Waals surface area contributed by atoms with Gasteiger partial charge in [0.05, 0.1) is 11.1 Å². The molecule has 0 spiro atoms. The quantitative estimate of drug-likeness (QED) is 0.742. The molecule has 3 aromatic rings. The molecule has 0 fully saturated rings. The van der Waals surface area contributed by atoms with Gasteiger partial charge in [0.1, 0.15) is 17.3 Å². The fourth-order valence-electron chi connectivity index (χ4n) is 2.44. The molecule has 0 aliphatic rings. The molecule has 0 saturated carbocycles. The summed E-state index contributed by atoms with van der Waals surface area (Å²) in [7, 11) is 0. The molecule has 7 heteroatoms. The molecule has 24 heavy (non-hydrogen) atoms. The van der Waals surface area contributed by atoms with Crippen LogP contribution < -0.4 is 5.32 Å². The molecule has 0 aliphatic heterocycles. The van der Waals surface area contributed by atoms with E-state index in [0.717, 1.165) is 12.1 Å². The summed E-state index contributed by atoms with van der Waals surface area (Å²) in [6, 6.07) is 7.95. The minimum atomic E-state index is -0.887. The van der Waals surface area contributed by atoms with Crippen molar-refractivity contribution in [3.05, 3.63) is 64.8 Å². The third-order valence-corrected chi connectivity index (χ3v) is 3.79. The fraction of sp³-hybridized carbons (Fsp3) is 0.0588. The van der Waals surface area contributed by atoms with Gasteiger partial charge in [0.25, 0.3) is 5.91 Å². The number of hydrogen-bond donors (Lipinski definition) is 1. The second kappa shape index (κ2) is 6.05. The number of hydrogen-bond acceptors (Lipinski definition) is 2. The number of nitrogens with one attached hydrogen (secondary N) is 1. The Morgan fingerprint density at radius 2 is 1.79 bits per heavy atom. The van der Waals surface area contributed by atoms with Crippen molar-refractivity contribution in [1.82, 2.24) is 4.57 Å². The molecule has 3 rings (SSSR count). The molecule has 1 N–H and O–H groups in total. The highest BCUT2D eigenvalue weighted by molar-refractivity contribution is 6.31. The lowest BCUT2D eigenvalue weighted by molar-refractivity contribution is 0.0941. The van der Waals surface area contributed by atoms with E-state index in [2.05, 4.69) is 5.32 Å². The maximum absolute atomic E-state index is 13.7. The predicted octanol–water partition coefficient (Wildman–Crippen LogP) is 4.49. The number of nitrogens with zero attached hydrogens (tertiary/aromatic N) is 1. The summed E-state index contributed by atoms with van der Waals surface area (Å²) >= 11 is 5.93. The van der Waals surface area contributed by atoms with Crippen molar-refractivity contribution in [3.63, 3.8) is 0 Å². The van der Waals surface area contributed by atoms with E-state index in [-0.39, 0.29) is 11.5 Å². The van der Waals surface area contributed by atoms with Gasteiger partial charge in [-0.25, -0.2) is 8.78 Å². The van der Waals surface area contributed by atoms with Crippen LogP contribution in [0.15, 0.2) is 42.6 Å². The average molecular weight is 349 g/mol. The molecule has 0 aliphatic carbocycles. The van der Waals surface area contributed by atoms with E-state index < -0.39 is 23.2 Å². The van der Waals surface area contributed by atoms with Crippen molar-refractivity contribution >= 4 is 40.0 Å². The van der Waals surface area contributed by atoms with Crippen LogP contribution in [-0.2, 0) is 0 Å². The van der Waals surface area contributed by atoms with E-state index in [9.17, 15) is 18.4 Å². The van der Waals surface area contributed by atoms with Gasteiger partial charge >= 0.3 is 0 Å². The summed E-state index contributed by atoms with van der Waals surface area (Å²) in [6.07, 6.45) is 1.32. The number of anilines is 1. The van der Waals surface area contributed by atoms with Crippen LogP contribution in [0.25, 0.3) is 10.9 Å². The van der Waals surface area contributed by atoms with Gasteiger partial charge in [-0.3, -0.25) is 14.2 Å². The van der Waals surface area contributed by atoms with Crippen LogP contribution in [0, 0.1) is 11.6 Å². The van der Waals surface area contributed by atoms with Gasteiger partial charge in [0.2, 0.25) is 5.91 Å². The molecule has 122 valence electrons. The highest BCUT2D eigenvalue weighted by Crippen LogP contribution is 2.26. The molecule has 0 unspecified atom stereocenters. The van der Waals surface area contributed by atoms with E-state index >= 15 is 0 Å². The van der Waals surface area contributed by atoms with Gasteiger partial charge in [-0.2, -0.15) is 0 Å². The van der Waals surface area contributed by atoms with Crippen LogP contribution in [0.3, 0.4) is 0 Å². The Kier molecular flexibility index (Phi) is 4.07. The van der Waals surface area contributed by atoms with Crippen molar-refractivity contribution in [2.45, 2.75) is 6.92 Å². The van der Waals surface area contributed by atoms with Gasteiger partial charge in [-0.15, -0.1) is 0 Å². The normalized spacial score (nSPS) is 10.8. The van der Waals surface area contributed by atoms with Crippen LogP contribution >= 0.6 is 11.6 Å². The number of fused-ring (bicyclic) bond motifs is 1. The molecule has 4 nitrogen and oxygen atoms in total. The van der Waals surface area contributed by atoms with Gasteiger partial charge in [-0.05, 0) is 24.3 Å². The number of benzene rings is 2. The zero-order valence-corrected chi connectivity index (χ0v) is 13.2. The van der Waals surface area contributed by atoms with Gasteiger partial charge in [0, 0.05) is 23.5 Å². The maximum atomic E-state index is 13.7. The zero-order valence-electron chi connectivity index (χ0n) is 12.4. The Morgan fingerprint density at radius 1 is 1.12 bits per heavy atom. The lowest BCUT2D eigenvalue weighted by Crippen LogP contribution is -2.14. The summed E-state index contributed by atoms with van der Waals surface area (Å²) in [5.74, 6) is -2.83. The summed E-state index contributed by atoms with van der Waals surface area (Å²) in [5.41, 5.74) is 0.00821. The van der Waals surface area contributed by atoms with Crippen molar-refractivity contribution in [3.8, 4) is 0 Å². The molecule has 2 aromatic carbocycles. The van der Waals surface area contributed by atoms with E-state index in [4.69, 9.17) is 11.6 Å². The number of aromatic nitrogens is 1. The monoisotopic (exact) mass is 348 g/mol. The minimum absolute atomic E-state index is 0.111. The standard InChI is InChI=1S/C17H11ClF2N2O2/c1-9(23)22-8-12(11-6-5-10(18)7-15(11)22)17(24)21-16-13(19)3-2-4-14(16)20/h2-8H,1H3,(H,21,24). The highest BCUT2D eigenvalue weighted by Gasteiger charge is 2.19. The summed E-state index contributed by atoms with van der Waals surface area (Å²) < 4.78 is 28.6. The Bertz CT molecular complexity index is 962. The summed E-state index contributed by atoms with van der Waals surface area (Å²) in [5, 5.41) is 3.05. The van der Waals surface area contributed by atoms with Crippen LogP contribution in [-0.4, -0.2) is 16.4 Å².